The van der Waals surface area contributed by atoms with Gasteiger partial charge in [-0.1, -0.05) is 17.3 Å². The lowest BCUT2D eigenvalue weighted by Crippen LogP contribution is -2.50. The fourth-order valence-corrected chi connectivity index (χ4v) is 7.00. The number of piperidine rings is 1. The summed E-state index contributed by atoms with van der Waals surface area (Å²) in [5, 5.41) is 31.4. The van der Waals surface area contributed by atoms with Crippen LogP contribution >= 0.6 is 11.3 Å². The number of aromatic nitrogens is 3. The van der Waals surface area contributed by atoms with Gasteiger partial charge in [0.15, 0.2) is 0 Å². The molecule has 0 bridgehead atoms. The number of thiophene rings is 1. The summed E-state index contributed by atoms with van der Waals surface area (Å²) in [5.74, 6) is -0.822. The van der Waals surface area contributed by atoms with E-state index in [4.69, 9.17) is 4.74 Å². The predicted octanol–water partition coefficient (Wildman–Crippen LogP) is 5.88. The Hall–Kier alpha value is -4.34. The highest BCUT2D eigenvalue weighted by Crippen LogP contribution is 2.41. The van der Waals surface area contributed by atoms with E-state index in [1.165, 1.54) is 23.5 Å². The van der Waals surface area contributed by atoms with Crippen LogP contribution in [0.4, 0.5) is 9.18 Å². The molecule has 45 heavy (non-hydrogen) atoms. The smallest absolute Gasteiger partial charge is 0.407 e. The van der Waals surface area contributed by atoms with Crippen molar-refractivity contribution in [2.75, 3.05) is 13.1 Å². The van der Waals surface area contributed by atoms with Crippen LogP contribution < -0.4 is 5.32 Å². The number of carbonyl (C=O) groups is 2. The average molecular weight is 631 g/mol. The quantitative estimate of drug-likeness (QED) is 0.272. The Bertz CT molecular complexity index is 1820. The Morgan fingerprint density at radius 2 is 1.96 bits per heavy atom. The van der Waals surface area contributed by atoms with Crippen LogP contribution in [-0.2, 0) is 11.3 Å². The number of nitriles is 1. The lowest BCUT2D eigenvalue weighted by atomic mass is 9.80. The molecule has 0 radical (unpaired) electrons. The normalized spacial score (nSPS) is 17.9. The molecule has 234 valence electrons. The molecule has 2 amide bonds. The van der Waals surface area contributed by atoms with Gasteiger partial charge in [-0.2, -0.15) is 5.26 Å². The molecule has 4 aromatic rings. The first kappa shape index (κ1) is 30.7. The third-order valence-corrected chi connectivity index (χ3v) is 9.45. The largest absolute Gasteiger partial charge is 0.444 e. The number of hydrogen-bond donors (Lipinski definition) is 2. The number of likely N-dealkylation sites (tertiary alicyclic amines) is 1. The van der Waals surface area contributed by atoms with Gasteiger partial charge in [0.25, 0.3) is 5.91 Å². The van der Waals surface area contributed by atoms with Gasteiger partial charge in [-0.25, -0.2) is 13.9 Å². The number of hydrogen-bond acceptors (Lipinski definition) is 8. The van der Waals surface area contributed by atoms with Crippen molar-refractivity contribution in [2.45, 2.75) is 76.7 Å². The molecule has 10 nitrogen and oxygen atoms in total. The van der Waals surface area contributed by atoms with Gasteiger partial charge in [0.05, 0.1) is 28.1 Å². The third kappa shape index (κ3) is 6.55. The zero-order valence-electron chi connectivity index (χ0n) is 25.5. The highest BCUT2D eigenvalue weighted by molar-refractivity contribution is 7.18. The summed E-state index contributed by atoms with van der Waals surface area (Å²) in [6, 6.07) is 13.5. The molecule has 1 aliphatic heterocycles. The van der Waals surface area contributed by atoms with Crippen molar-refractivity contribution >= 4 is 34.4 Å². The van der Waals surface area contributed by atoms with E-state index in [1.54, 1.807) is 42.5 Å². The van der Waals surface area contributed by atoms with Crippen molar-refractivity contribution in [3.8, 4) is 27.6 Å². The fourth-order valence-electron chi connectivity index (χ4n) is 5.86. The van der Waals surface area contributed by atoms with Crippen molar-refractivity contribution < 1.29 is 23.8 Å². The molecule has 1 aliphatic carbocycles. The minimum atomic E-state index is -0.759. The number of aliphatic hydroxyl groups is 1. The van der Waals surface area contributed by atoms with Crippen LogP contribution in [0.25, 0.3) is 32.6 Å². The van der Waals surface area contributed by atoms with Gasteiger partial charge < -0.3 is 20.1 Å². The van der Waals surface area contributed by atoms with Crippen LogP contribution in [0.15, 0.2) is 42.5 Å². The maximum absolute atomic E-state index is 14.8. The molecule has 1 saturated heterocycles. The standard InChI is InChI=1S/C33H35FN6O4S/c1-32(2,3)44-31(42)36-23-6-4-13-39(18-23)30(41)28-16-24(20-7-8-22(17-35)25(34)14-20)29(45-28)21-9-10-27-26(15-21)37-38-40(27)19-33(43)11-5-12-33/h7-10,14-16,23,43H,4-6,11-13,18-19H2,1-3H3,(H,36,42)/t23-/m1/s1. The van der Waals surface area contributed by atoms with Gasteiger partial charge in [0.2, 0.25) is 0 Å². The van der Waals surface area contributed by atoms with Crippen molar-refractivity contribution in [1.82, 2.24) is 25.2 Å². The van der Waals surface area contributed by atoms with Crippen molar-refractivity contribution in [2.24, 2.45) is 0 Å². The lowest BCUT2D eigenvalue weighted by molar-refractivity contribution is -0.0492. The molecule has 2 aromatic carbocycles. The first-order valence-electron chi connectivity index (χ1n) is 15.1. The second kappa shape index (κ2) is 11.9. The highest BCUT2D eigenvalue weighted by Gasteiger charge is 2.35. The number of alkyl carbamates (subject to hydrolysis) is 1. The summed E-state index contributed by atoms with van der Waals surface area (Å²) in [6.07, 6.45) is 3.39. The van der Waals surface area contributed by atoms with E-state index in [1.807, 2.05) is 24.3 Å². The maximum atomic E-state index is 14.8. The zero-order valence-corrected chi connectivity index (χ0v) is 26.3. The first-order valence-corrected chi connectivity index (χ1v) is 15.9. The molecule has 2 aromatic heterocycles. The summed E-state index contributed by atoms with van der Waals surface area (Å²) >= 11 is 1.30. The molecule has 0 unspecified atom stereocenters. The second-order valence-electron chi connectivity index (χ2n) is 12.9. The summed E-state index contributed by atoms with van der Waals surface area (Å²) in [6.45, 7) is 6.65. The average Bonchev–Trinajstić information content (AvgIpc) is 3.59. The summed E-state index contributed by atoms with van der Waals surface area (Å²) in [4.78, 5) is 29.2. The Labute approximate surface area is 264 Å². The topological polar surface area (TPSA) is 133 Å². The van der Waals surface area contributed by atoms with Gasteiger partial charge in [0.1, 0.15) is 23.0 Å². The monoisotopic (exact) mass is 630 g/mol. The number of rotatable bonds is 6. The number of halogens is 1. The van der Waals surface area contributed by atoms with Crippen LogP contribution in [0.5, 0.6) is 0 Å². The highest BCUT2D eigenvalue weighted by atomic mass is 32.1. The van der Waals surface area contributed by atoms with E-state index in [0.717, 1.165) is 48.1 Å². The van der Waals surface area contributed by atoms with Gasteiger partial charge in [-0.15, -0.1) is 16.4 Å². The molecule has 12 heteroatoms. The van der Waals surface area contributed by atoms with E-state index < -0.39 is 23.1 Å². The molecule has 0 spiro atoms. The van der Waals surface area contributed by atoms with Gasteiger partial charge in [-0.05, 0) is 94.3 Å². The summed E-state index contributed by atoms with van der Waals surface area (Å²) < 4.78 is 21.9. The number of nitrogens with zero attached hydrogens (tertiary/aromatic N) is 5. The van der Waals surface area contributed by atoms with Crippen LogP contribution in [0.2, 0.25) is 0 Å². The molecule has 2 fully saturated rings. The number of nitrogens with one attached hydrogen (secondary N) is 1. The van der Waals surface area contributed by atoms with Crippen LogP contribution in [-0.4, -0.2) is 67.3 Å². The van der Waals surface area contributed by atoms with Crippen LogP contribution in [0.3, 0.4) is 0 Å². The molecule has 2 aliphatic rings. The molecular formula is C33H35FN6O4S. The molecule has 1 atom stereocenters. The number of benzene rings is 2. The molecular weight excluding hydrogens is 595 g/mol. The van der Waals surface area contributed by atoms with Crippen LogP contribution in [0, 0.1) is 17.1 Å². The van der Waals surface area contributed by atoms with E-state index in [2.05, 4.69) is 15.6 Å². The Kier molecular flexibility index (Phi) is 8.09. The SMILES string of the molecule is CC(C)(C)OC(=O)N[C@@H]1CCCN(C(=O)c2cc(-c3ccc(C#N)c(F)c3)c(-c3ccc4c(c3)nnn4CC3(O)CCC3)s2)C1. The van der Waals surface area contributed by atoms with Crippen molar-refractivity contribution in [3.63, 3.8) is 0 Å². The van der Waals surface area contributed by atoms with Crippen molar-refractivity contribution in [3.05, 3.63) is 58.7 Å². The Balaban J connectivity index is 1.31. The molecule has 3 heterocycles. The Morgan fingerprint density at radius 1 is 1.18 bits per heavy atom. The second-order valence-corrected chi connectivity index (χ2v) is 14.0. The van der Waals surface area contributed by atoms with Gasteiger partial charge in [-0.3, -0.25) is 4.79 Å². The van der Waals surface area contributed by atoms with E-state index in [0.29, 0.717) is 41.2 Å². The van der Waals surface area contributed by atoms with Crippen LogP contribution in [0.1, 0.15) is 68.1 Å². The minimum absolute atomic E-state index is 0.0603. The van der Waals surface area contributed by atoms with E-state index in [-0.39, 0.29) is 17.5 Å². The Morgan fingerprint density at radius 3 is 2.64 bits per heavy atom. The number of ether oxygens (including phenoxy) is 1. The fraction of sp³-hybridized carbons (Fsp3) is 0.424. The van der Waals surface area contributed by atoms with E-state index in [9.17, 15) is 24.3 Å². The van der Waals surface area contributed by atoms with Gasteiger partial charge in [0, 0.05) is 29.6 Å². The summed E-state index contributed by atoms with van der Waals surface area (Å²) in [5.41, 5.74) is 1.95. The minimum Gasteiger partial charge on any atom is -0.444 e. The number of fused-ring (bicyclic) bond motifs is 1. The summed E-state index contributed by atoms with van der Waals surface area (Å²) in [7, 11) is 0. The molecule has 1 saturated carbocycles. The predicted molar refractivity (Wildman–Crippen MR) is 168 cm³/mol. The van der Waals surface area contributed by atoms with Gasteiger partial charge >= 0.3 is 6.09 Å². The van der Waals surface area contributed by atoms with Crippen molar-refractivity contribution in [1.29, 1.82) is 5.26 Å². The first-order chi connectivity index (χ1) is 21.4. The molecule has 2 N–H and O–H groups in total. The molecule has 6 rings (SSSR count). The number of amides is 2. The zero-order chi connectivity index (χ0) is 31.9. The maximum Gasteiger partial charge on any atom is 0.407 e. The third-order valence-electron chi connectivity index (χ3n) is 8.28. The van der Waals surface area contributed by atoms with E-state index >= 15 is 0 Å². The lowest BCUT2D eigenvalue weighted by Gasteiger charge is -2.36. The number of carbonyl (C=O) groups excluding carboxylic acids is 2.